The summed E-state index contributed by atoms with van der Waals surface area (Å²) in [5.41, 5.74) is 1.13. The van der Waals surface area contributed by atoms with E-state index in [-0.39, 0.29) is 12.1 Å². The zero-order valence-corrected chi connectivity index (χ0v) is 9.75. The maximum Gasteiger partial charge on any atom is 0.160 e. The maximum atomic E-state index is 13.2. The van der Waals surface area contributed by atoms with Gasteiger partial charge in [0, 0.05) is 18.3 Å². The van der Waals surface area contributed by atoms with Crippen LogP contribution in [0.15, 0.2) is 36.4 Å². The largest absolute Gasteiger partial charge is 0.381 e. The van der Waals surface area contributed by atoms with Crippen molar-refractivity contribution in [2.45, 2.75) is 6.54 Å². The molecular formula is C14H9F3N2. The van der Waals surface area contributed by atoms with Crippen LogP contribution in [0.3, 0.4) is 0 Å². The summed E-state index contributed by atoms with van der Waals surface area (Å²) in [6.45, 7) is 0.206. The average molecular weight is 262 g/mol. The van der Waals surface area contributed by atoms with Crippen molar-refractivity contribution >= 4 is 5.69 Å². The number of nitrogens with one attached hydrogen (secondary N) is 1. The highest BCUT2D eigenvalue weighted by atomic mass is 19.2. The Kier molecular flexibility index (Phi) is 3.71. The molecule has 2 rings (SSSR count). The summed E-state index contributed by atoms with van der Waals surface area (Å²) in [7, 11) is 0. The van der Waals surface area contributed by atoms with Crippen LogP contribution in [0.4, 0.5) is 18.9 Å². The highest BCUT2D eigenvalue weighted by Crippen LogP contribution is 2.15. The number of halogens is 3. The highest BCUT2D eigenvalue weighted by molar-refractivity contribution is 5.44. The Morgan fingerprint density at radius 3 is 2.47 bits per heavy atom. The molecular weight excluding hydrogens is 253 g/mol. The fourth-order valence-electron chi connectivity index (χ4n) is 1.63. The van der Waals surface area contributed by atoms with Gasteiger partial charge in [-0.25, -0.2) is 13.2 Å². The first-order chi connectivity index (χ1) is 9.08. The molecule has 0 bridgehead atoms. The maximum absolute atomic E-state index is 13.2. The Labute approximate surface area is 108 Å². The third kappa shape index (κ3) is 3.26. The van der Waals surface area contributed by atoms with Gasteiger partial charge in [-0.1, -0.05) is 0 Å². The minimum Gasteiger partial charge on any atom is -0.381 e. The quantitative estimate of drug-likeness (QED) is 0.917. The molecule has 0 aliphatic carbocycles. The molecule has 2 nitrogen and oxygen atoms in total. The molecule has 0 heterocycles. The van der Waals surface area contributed by atoms with Crippen molar-refractivity contribution in [3.8, 4) is 6.07 Å². The van der Waals surface area contributed by atoms with Gasteiger partial charge in [0.25, 0.3) is 0 Å². The second-order valence-corrected chi connectivity index (χ2v) is 3.94. The van der Waals surface area contributed by atoms with Crippen LogP contribution >= 0.6 is 0 Å². The number of nitrogens with zero attached hydrogens (tertiary/aromatic N) is 1. The van der Waals surface area contributed by atoms with Gasteiger partial charge >= 0.3 is 0 Å². The summed E-state index contributed by atoms with van der Waals surface area (Å²) >= 11 is 0. The molecule has 0 amide bonds. The van der Waals surface area contributed by atoms with Crippen LogP contribution in [0.25, 0.3) is 0 Å². The summed E-state index contributed by atoms with van der Waals surface area (Å²) in [4.78, 5) is 0. The van der Waals surface area contributed by atoms with Crippen molar-refractivity contribution < 1.29 is 13.2 Å². The van der Waals surface area contributed by atoms with Crippen molar-refractivity contribution in [2.75, 3.05) is 5.32 Å². The van der Waals surface area contributed by atoms with Crippen LogP contribution in [0.2, 0.25) is 0 Å². The van der Waals surface area contributed by atoms with Gasteiger partial charge in [-0.3, -0.25) is 0 Å². The first-order valence-electron chi connectivity index (χ1n) is 5.47. The molecule has 19 heavy (non-hydrogen) atoms. The third-order valence-corrected chi connectivity index (χ3v) is 2.50. The van der Waals surface area contributed by atoms with Crippen molar-refractivity contribution in [3.05, 3.63) is 65.0 Å². The van der Waals surface area contributed by atoms with E-state index in [9.17, 15) is 13.2 Å². The fraction of sp³-hybridized carbons (Fsp3) is 0.0714. The van der Waals surface area contributed by atoms with Gasteiger partial charge in [0.05, 0.1) is 11.6 Å². The SMILES string of the molecule is N#Cc1cc(F)cc(CNc2ccc(F)c(F)c2)c1. The summed E-state index contributed by atoms with van der Waals surface area (Å²) in [5.74, 6) is -2.40. The van der Waals surface area contributed by atoms with Crippen LogP contribution in [-0.4, -0.2) is 0 Å². The van der Waals surface area contributed by atoms with E-state index in [1.807, 2.05) is 6.07 Å². The number of benzene rings is 2. The smallest absolute Gasteiger partial charge is 0.160 e. The van der Waals surface area contributed by atoms with E-state index in [4.69, 9.17) is 5.26 Å². The zero-order chi connectivity index (χ0) is 13.8. The van der Waals surface area contributed by atoms with Gasteiger partial charge in [-0.2, -0.15) is 5.26 Å². The van der Waals surface area contributed by atoms with E-state index in [1.165, 1.54) is 18.2 Å². The van der Waals surface area contributed by atoms with Crippen molar-refractivity contribution in [3.63, 3.8) is 0 Å². The second-order valence-electron chi connectivity index (χ2n) is 3.94. The van der Waals surface area contributed by atoms with Crippen LogP contribution in [0.1, 0.15) is 11.1 Å². The molecule has 1 N–H and O–H groups in total. The van der Waals surface area contributed by atoms with Crippen LogP contribution in [-0.2, 0) is 6.54 Å². The van der Waals surface area contributed by atoms with Crippen LogP contribution < -0.4 is 5.32 Å². The zero-order valence-electron chi connectivity index (χ0n) is 9.75. The standard InChI is InChI=1S/C14H9F3N2/c15-11-4-9(7-18)3-10(5-11)8-19-12-1-2-13(16)14(17)6-12/h1-6,19H,8H2. The molecule has 0 atom stereocenters. The lowest BCUT2D eigenvalue weighted by Gasteiger charge is -2.07. The number of rotatable bonds is 3. The van der Waals surface area contributed by atoms with Crippen molar-refractivity contribution in [1.29, 1.82) is 5.26 Å². The minimum atomic E-state index is -0.957. The molecule has 0 unspecified atom stereocenters. The molecule has 2 aromatic carbocycles. The molecule has 0 saturated heterocycles. The molecule has 0 fully saturated rings. The lowest BCUT2D eigenvalue weighted by Crippen LogP contribution is -2.01. The average Bonchev–Trinajstić information content (AvgIpc) is 2.39. The highest BCUT2D eigenvalue weighted by Gasteiger charge is 2.04. The minimum absolute atomic E-state index is 0.206. The lowest BCUT2D eigenvalue weighted by molar-refractivity contribution is 0.509. The van der Waals surface area contributed by atoms with Crippen LogP contribution in [0.5, 0.6) is 0 Å². The Balaban J connectivity index is 2.12. The molecule has 96 valence electrons. The molecule has 2 aromatic rings. The molecule has 0 aliphatic rings. The van der Waals surface area contributed by atoms with Gasteiger partial charge in [0.2, 0.25) is 0 Å². The topological polar surface area (TPSA) is 35.8 Å². The predicted octanol–water partition coefficient (Wildman–Crippen LogP) is 3.59. The number of nitriles is 1. The Bertz CT molecular complexity index is 648. The van der Waals surface area contributed by atoms with Gasteiger partial charge in [0.15, 0.2) is 11.6 Å². The molecule has 0 aromatic heterocycles. The summed E-state index contributed by atoms with van der Waals surface area (Å²) in [6.07, 6.45) is 0. The van der Waals surface area contributed by atoms with Crippen molar-refractivity contribution in [2.24, 2.45) is 0 Å². The summed E-state index contributed by atoms with van der Waals surface area (Å²) in [6, 6.07) is 9.16. The third-order valence-electron chi connectivity index (χ3n) is 2.50. The van der Waals surface area contributed by atoms with Gasteiger partial charge < -0.3 is 5.32 Å². The molecule has 0 spiro atoms. The Morgan fingerprint density at radius 1 is 1.00 bits per heavy atom. The lowest BCUT2D eigenvalue weighted by atomic mass is 10.1. The number of anilines is 1. The predicted molar refractivity (Wildman–Crippen MR) is 64.8 cm³/mol. The molecule has 5 heteroatoms. The summed E-state index contributed by atoms with van der Waals surface area (Å²) in [5, 5.41) is 11.5. The Hall–Kier alpha value is -2.48. The van der Waals surface area contributed by atoms with Crippen molar-refractivity contribution in [1.82, 2.24) is 0 Å². The van der Waals surface area contributed by atoms with E-state index >= 15 is 0 Å². The first kappa shape index (κ1) is 13.0. The molecule has 0 saturated carbocycles. The van der Waals surface area contributed by atoms with E-state index in [0.717, 1.165) is 18.2 Å². The fourth-order valence-corrected chi connectivity index (χ4v) is 1.63. The van der Waals surface area contributed by atoms with Gasteiger partial charge in [0.1, 0.15) is 5.82 Å². The Morgan fingerprint density at radius 2 is 1.79 bits per heavy atom. The number of hydrogen-bond donors (Lipinski definition) is 1. The molecule has 0 radical (unpaired) electrons. The first-order valence-corrected chi connectivity index (χ1v) is 5.47. The second kappa shape index (κ2) is 5.44. The van der Waals surface area contributed by atoms with E-state index in [0.29, 0.717) is 11.3 Å². The van der Waals surface area contributed by atoms with Gasteiger partial charge in [-0.15, -0.1) is 0 Å². The van der Waals surface area contributed by atoms with Crippen LogP contribution in [0, 0.1) is 28.8 Å². The van der Waals surface area contributed by atoms with E-state index < -0.39 is 17.5 Å². The van der Waals surface area contributed by atoms with E-state index in [1.54, 1.807) is 0 Å². The summed E-state index contributed by atoms with van der Waals surface area (Å²) < 4.78 is 38.9. The monoisotopic (exact) mass is 262 g/mol. The van der Waals surface area contributed by atoms with E-state index in [2.05, 4.69) is 5.32 Å². The molecule has 0 aliphatic heterocycles. The number of hydrogen-bond acceptors (Lipinski definition) is 2. The normalized spacial score (nSPS) is 10.0. The van der Waals surface area contributed by atoms with Gasteiger partial charge in [-0.05, 0) is 35.9 Å².